The zero-order valence-electron chi connectivity index (χ0n) is 12.2. The van der Waals surface area contributed by atoms with Crippen molar-refractivity contribution in [2.75, 3.05) is 0 Å². The molecule has 0 aliphatic heterocycles. The van der Waals surface area contributed by atoms with E-state index in [4.69, 9.17) is 0 Å². The number of nitrogens with zero attached hydrogens (tertiary/aromatic N) is 2. The first-order valence-electron chi connectivity index (χ1n) is 7.06. The molecule has 0 atom stereocenters. The monoisotopic (exact) mass is 284 g/mol. The van der Waals surface area contributed by atoms with Crippen LogP contribution in [0.15, 0.2) is 30.5 Å². The lowest BCUT2D eigenvalue weighted by Crippen LogP contribution is -2.28. The Kier molecular flexibility index (Phi) is 3.32. The lowest BCUT2D eigenvalue weighted by Gasteiger charge is -2.29. The van der Waals surface area contributed by atoms with Crippen molar-refractivity contribution in [2.24, 2.45) is 5.41 Å². The lowest BCUT2D eigenvalue weighted by molar-refractivity contribution is 0.0909. The Morgan fingerprint density at radius 1 is 1.24 bits per heavy atom. The van der Waals surface area contributed by atoms with Gasteiger partial charge in [0.05, 0.1) is 11.3 Å². The summed E-state index contributed by atoms with van der Waals surface area (Å²) >= 11 is 0. The van der Waals surface area contributed by atoms with Crippen LogP contribution in [0.3, 0.4) is 0 Å². The number of ketones is 1. The molecular weight excluding hydrogens is 267 g/mol. The van der Waals surface area contributed by atoms with Gasteiger partial charge in [0.15, 0.2) is 5.78 Å². The molecule has 0 radical (unpaired) electrons. The summed E-state index contributed by atoms with van der Waals surface area (Å²) in [5.74, 6) is 0.401. The molecule has 1 aliphatic carbocycles. The molecular formula is C17H17FN2O. The number of carbonyl (C=O) groups is 1. The molecule has 0 N–H and O–H groups in total. The Bertz CT molecular complexity index is 710. The highest BCUT2D eigenvalue weighted by atomic mass is 19.1. The molecule has 0 fully saturated rings. The summed E-state index contributed by atoms with van der Waals surface area (Å²) in [5, 5.41) is 0. The van der Waals surface area contributed by atoms with Crippen LogP contribution in [-0.4, -0.2) is 15.8 Å². The van der Waals surface area contributed by atoms with Gasteiger partial charge < -0.3 is 0 Å². The van der Waals surface area contributed by atoms with Gasteiger partial charge in [-0.15, -0.1) is 0 Å². The summed E-state index contributed by atoms with van der Waals surface area (Å²) < 4.78 is 13.7. The van der Waals surface area contributed by atoms with Crippen LogP contribution < -0.4 is 0 Å². The summed E-state index contributed by atoms with van der Waals surface area (Å²) in [6, 6.07) is 6.62. The standard InChI is InChI=1S/C17H17FN2O/c1-17(2)8-14-12(15(21)9-17)10-19-16(20-14)7-11-5-3-4-6-13(11)18/h3-6,10H,7-9H2,1-2H3. The van der Waals surface area contributed by atoms with Gasteiger partial charge in [0, 0.05) is 19.0 Å². The van der Waals surface area contributed by atoms with Crippen molar-refractivity contribution in [3.05, 3.63) is 58.9 Å². The molecule has 0 spiro atoms. The zero-order valence-corrected chi connectivity index (χ0v) is 12.2. The number of hydrogen-bond donors (Lipinski definition) is 0. The van der Waals surface area contributed by atoms with E-state index in [1.165, 1.54) is 6.07 Å². The largest absolute Gasteiger partial charge is 0.294 e. The van der Waals surface area contributed by atoms with E-state index in [1.807, 2.05) is 0 Å². The minimum Gasteiger partial charge on any atom is -0.294 e. The first-order valence-corrected chi connectivity index (χ1v) is 7.06. The van der Waals surface area contributed by atoms with Crippen LogP contribution >= 0.6 is 0 Å². The number of benzene rings is 1. The second-order valence-electron chi connectivity index (χ2n) is 6.36. The van der Waals surface area contributed by atoms with Gasteiger partial charge in [-0.05, 0) is 23.5 Å². The van der Waals surface area contributed by atoms with E-state index < -0.39 is 0 Å². The average Bonchev–Trinajstić information content (AvgIpc) is 2.39. The maximum absolute atomic E-state index is 13.7. The van der Waals surface area contributed by atoms with E-state index in [0.717, 1.165) is 12.1 Å². The summed E-state index contributed by atoms with van der Waals surface area (Å²) in [5.41, 5.74) is 1.90. The van der Waals surface area contributed by atoms with Gasteiger partial charge in [-0.1, -0.05) is 32.0 Å². The van der Waals surface area contributed by atoms with E-state index in [1.54, 1.807) is 24.4 Å². The second kappa shape index (κ2) is 5.02. The van der Waals surface area contributed by atoms with Crippen LogP contribution in [0.4, 0.5) is 4.39 Å². The molecule has 1 aromatic heterocycles. The van der Waals surface area contributed by atoms with Gasteiger partial charge >= 0.3 is 0 Å². The third-order valence-electron chi connectivity index (χ3n) is 3.81. The Hall–Kier alpha value is -2.10. The van der Waals surface area contributed by atoms with E-state index in [9.17, 15) is 9.18 Å². The Labute approximate surface area is 123 Å². The van der Waals surface area contributed by atoms with E-state index in [0.29, 0.717) is 29.8 Å². The molecule has 1 heterocycles. The van der Waals surface area contributed by atoms with Crippen molar-refractivity contribution in [1.82, 2.24) is 9.97 Å². The Balaban J connectivity index is 1.93. The molecule has 1 aromatic carbocycles. The number of Topliss-reactive ketones (excluding diaryl/α,β-unsaturated/α-hetero) is 1. The highest BCUT2D eigenvalue weighted by Gasteiger charge is 2.32. The third kappa shape index (κ3) is 2.84. The van der Waals surface area contributed by atoms with Gasteiger partial charge in [0.25, 0.3) is 0 Å². The molecule has 0 unspecified atom stereocenters. The predicted molar refractivity (Wildman–Crippen MR) is 77.7 cm³/mol. The van der Waals surface area contributed by atoms with Gasteiger partial charge in [-0.25, -0.2) is 14.4 Å². The van der Waals surface area contributed by atoms with E-state index in [2.05, 4.69) is 23.8 Å². The molecule has 1 aliphatic rings. The number of aromatic nitrogens is 2. The fourth-order valence-electron chi connectivity index (χ4n) is 2.77. The topological polar surface area (TPSA) is 42.9 Å². The Morgan fingerprint density at radius 3 is 2.76 bits per heavy atom. The summed E-state index contributed by atoms with van der Waals surface area (Å²) in [6.07, 6.45) is 3.21. The van der Waals surface area contributed by atoms with Crippen LogP contribution in [0.1, 0.15) is 47.7 Å². The third-order valence-corrected chi connectivity index (χ3v) is 3.81. The van der Waals surface area contributed by atoms with Crippen molar-refractivity contribution in [2.45, 2.75) is 33.1 Å². The van der Waals surface area contributed by atoms with Crippen LogP contribution in [0.2, 0.25) is 0 Å². The zero-order chi connectivity index (χ0) is 15.0. The first kappa shape index (κ1) is 13.9. The highest BCUT2D eigenvalue weighted by molar-refractivity contribution is 5.98. The number of fused-ring (bicyclic) bond motifs is 1. The molecule has 0 saturated heterocycles. The predicted octanol–water partition coefficient (Wildman–Crippen LogP) is 3.36. The van der Waals surface area contributed by atoms with Gasteiger partial charge in [0.2, 0.25) is 0 Å². The smallest absolute Gasteiger partial charge is 0.166 e. The fraction of sp³-hybridized carbons (Fsp3) is 0.353. The minimum atomic E-state index is -0.254. The number of halogens is 1. The van der Waals surface area contributed by atoms with Crippen LogP contribution in [0.25, 0.3) is 0 Å². The van der Waals surface area contributed by atoms with Crippen molar-refractivity contribution < 1.29 is 9.18 Å². The van der Waals surface area contributed by atoms with Gasteiger partial charge in [-0.3, -0.25) is 4.79 Å². The number of rotatable bonds is 2. The minimum absolute atomic E-state index is 0.0757. The Morgan fingerprint density at radius 2 is 2.00 bits per heavy atom. The summed E-state index contributed by atoms with van der Waals surface area (Å²) in [4.78, 5) is 20.8. The number of hydrogen-bond acceptors (Lipinski definition) is 3. The van der Waals surface area contributed by atoms with Crippen molar-refractivity contribution in [3.8, 4) is 0 Å². The summed E-state index contributed by atoms with van der Waals surface area (Å²) in [6.45, 7) is 4.12. The van der Waals surface area contributed by atoms with Crippen molar-refractivity contribution >= 4 is 5.78 Å². The molecule has 3 rings (SSSR count). The van der Waals surface area contributed by atoms with Gasteiger partial charge in [-0.2, -0.15) is 0 Å². The quantitative estimate of drug-likeness (QED) is 0.849. The maximum atomic E-state index is 13.7. The molecule has 0 bridgehead atoms. The van der Waals surface area contributed by atoms with Crippen LogP contribution in [-0.2, 0) is 12.8 Å². The summed E-state index contributed by atoms with van der Waals surface area (Å²) in [7, 11) is 0. The van der Waals surface area contributed by atoms with Crippen molar-refractivity contribution in [3.63, 3.8) is 0 Å². The molecule has 0 saturated carbocycles. The van der Waals surface area contributed by atoms with Crippen molar-refractivity contribution in [1.29, 1.82) is 0 Å². The lowest BCUT2D eigenvalue weighted by atomic mass is 9.76. The fourth-order valence-corrected chi connectivity index (χ4v) is 2.77. The van der Waals surface area contributed by atoms with E-state index in [-0.39, 0.29) is 17.0 Å². The van der Waals surface area contributed by atoms with Gasteiger partial charge in [0.1, 0.15) is 11.6 Å². The number of carbonyl (C=O) groups excluding carboxylic acids is 1. The maximum Gasteiger partial charge on any atom is 0.166 e. The normalized spacial score (nSPS) is 16.6. The second-order valence-corrected chi connectivity index (χ2v) is 6.36. The van der Waals surface area contributed by atoms with Crippen LogP contribution in [0.5, 0.6) is 0 Å². The molecule has 0 amide bonds. The molecule has 4 heteroatoms. The average molecular weight is 284 g/mol. The highest BCUT2D eigenvalue weighted by Crippen LogP contribution is 2.33. The SMILES string of the molecule is CC1(C)CC(=O)c2cnc(Cc3ccccc3F)nc2C1. The first-order chi connectivity index (χ1) is 9.94. The molecule has 2 aromatic rings. The van der Waals surface area contributed by atoms with Crippen LogP contribution in [0, 0.1) is 11.2 Å². The van der Waals surface area contributed by atoms with E-state index >= 15 is 0 Å². The molecule has 3 nitrogen and oxygen atoms in total. The molecule has 21 heavy (non-hydrogen) atoms. The molecule has 108 valence electrons.